The molecule has 2 heterocycles. The molecule has 3 rings (SSSR count). The summed E-state index contributed by atoms with van der Waals surface area (Å²) in [7, 11) is 0. The van der Waals surface area contributed by atoms with E-state index < -0.39 is 12.1 Å². The number of para-hydroxylation sites is 2. The van der Waals surface area contributed by atoms with E-state index >= 15 is 0 Å². The zero-order valence-corrected chi connectivity index (χ0v) is 14.8. The molecule has 26 heavy (non-hydrogen) atoms. The summed E-state index contributed by atoms with van der Waals surface area (Å²) >= 11 is 0. The van der Waals surface area contributed by atoms with Crippen LogP contribution in [0.15, 0.2) is 29.1 Å². The van der Waals surface area contributed by atoms with Crippen molar-refractivity contribution in [3.05, 3.63) is 34.7 Å². The molecule has 1 aliphatic heterocycles. The number of morpholine rings is 1. The van der Waals surface area contributed by atoms with Gasteiger partial charge in [-0.2, -0.15) is 0 Å². The highest BCUT2D eigenvalue weighted by molar-refractivity contribution is 5.79. The Labute approximate surface area is 150 Å². The lowest BCUT2D eigenvalue weighted by atomic mass is 10.2. The minimum absolute atomic E-state index is 0.0423. The fourth-order valence-corrected chi connectivity index (χ4v) is 3.32. The van der Waals surface area contributed by atoms with Gasteiger partial charge in [-0.1, -0.05) is 19.1 Å². The van der Waals surface area contributed by atoms with E-state index in [0.29, 0.717) is 13.1 Å². The standard InChI is InChI=1S/C18H23N3O5/c1-2-8-20-13-5-3-4-6-14(13)21(18(20)25)9-7-16(22)19-10-11-26-15(12-19)17(23)24/h3-6,15H,2,7-12H2,1H3,(H,23,24). The largest absolute Gasteiger partial charge is 0.479 e. The zero-order chi connectivity index (χ0) is 18.7. The van der Waals surface area contributed by atoms with Gasteiger partial charge in [-0.05, 0) is 18.6 Å². The second-order valence-corrected chi connectivity index (χ2v) is 6.36. The van der Waals surface area contributed by atoms with E-state index in [-0.39, 0.29) is 37.7 Å². The number of ether oxygens (including phenoxy) is 1. The molecule has 1 atom stereocenters. The van der Waals surface area contributed by atoms with Crippen LogP contribution >= 0.6 is 0 Å². The number of fused-ring (bicyclic) bond motifs is 1. The highest BCUT2D eigenvalue weighted by Crippen LogP contribution is 2.14. The normalized spacial score (nSPS) is 17.6. The molecule has 8 heteroatoms. The maximum absolute atomic E-state index is 12.7. The van der Waals surface area contributed by atoms with Crippen molar-refractivity contribution < 1.29 is 19.4 Å². The Morgan fingerprint density at radius 3 is 2.46 bits per heavy atom. The third-order valence-corrected chi connectivity index (χ3v) is 4.62. The summed E-state index contributed by atoms with van der Waals surface area (Å²) in [5.41, 5.74) is 1.56. The van der Waals surface area contributed by atoms with E-state index in [1.807, 2.05) is 31.2 Å². The van der Waals surface area contributed by atoms with Crippen LogP contribution in [0.25, 0.3) is 11.0 Å². The smallest absolute Gasteiger partial charge is 0.334 e. The highest BCUT2D eigenvalue weighted by atomic mass is 16.5. The van der Waals surface area contributed by atoms with Gasteiger partial charge in [-0.3, -0.25) is 13.9 Å². The number of aliphatic carboxylic acids is 1. The molecule has 0 radical (unpaired) electrons. The summed E-state index contributed by atoms with van der Waals surface area (Å²) in [6.45, 7) is 3.53. The molecule has 0 bridgehead atoms. The van der Waals surface area contributed by atoms with Crippen LogP contribution < -0.4 is 5.69 Å². The van der Waals surface area contributed by atoms with Gasteiger partial charge in [0.2, 0.25) is 5.91 Å². The molecule has 1 aromatic heterocycles. The van der Waals surface area contributed by atoms with Gasteiger partial charge in [0.15, 0.2) is 6.10 Å². The van der Waals surface area contributed by atoms with Crippen molar-refractivity contribution in [3.8, 4) is 0 Å². The molecule has 0 spiro atoms. The predicted octanol–water partition coefficient (Wildman–Crippen LogP) is 0.915. The molecule has 2 aromatic rings. The Kier molecular flexibility index (Phi) is 5.41. The number of aromatic nitrogens is 2. The van der Waals surface area contributed by atoms with Crippen LogP contribution in [0.2, 0.25) is 0 Å². The van der Waals surface area contributed by atoms with Gasteiger partial charge in [0.05, 0.1) is 24.2 Å². The summed E-state index contributed by atoms with van der Waals surface area (Å²) in [6.07, 6.45) is 0.00530. The van der Waals surface area contributed by atoms with E-state index in [4.69, 9.17) is 9.84 Å². The molecule has 1 fully saturated rings. The van der Waals surface area contributed by atoms with E-state index in [1.165, 1.54) is 4.90 Å². The molecule has 0 saturated carbocycles. The maximum atomic E-state index is 12.7. The van der Waals surface area contributed by atoms with Crippen molar-refractivity contribution in [1.29, 1.82) is 0 Å². The molecule has 0 aliphatic carbocycles. The van der Waals surface area contributed by atoms with Gasteiger partial charge in [-0.15, -0.1) is 0 Å². The SMILES string of the molecule is CCCn1c(=O)n(CCC(=O)N2CCOC(C(=O)O)C2)c2ccccc21. The number of nitrogens with zero attached hydrogens (tertiary/aromatic N) is 3. The molecule has 1 unspecified atom stereocenters. The molecule has 1 aliphatic rings. The Bertz CT molecular complexity index is 869. The van der Waals surface area contributed by atoms with Gasteiger partial charge in [0, 0.05) is 26.1 Å². The minimum Gasteiger partial charge on any atom is -0.479 e. The molecular weight excluding hydrogens is 338 g/mol. The lowest BCUT2D eigenvalue weighted by Crippen LogP contribution is -2.48. The number of rotatable bonds is 6. The van der Waals surface area contributed by atoms with Crippen LogP contribution in [0.4, 0.5) is 0 Å². The van der Waals surface area contributed by atoms with E-state index in [9.17, 15) is 14.4 Å². The minimum atomic E-state index is -1.07. The Morgan fingerprint density at radius 1 is 1.19 bits per heavy atom. The first-order valence-corrected chi connectivity index (χ1v) is 8.83. The van der Waals surface area contributed by atoms with Crippen LogP contribution in [-0.4, -0.2) is 56.8 Å². The van der Waals surface area contributed by atoms with Crippen molar-refractivity contribution in [2.45, 2.75) is 39.0 Å². The molecule has 140 valence electrons. The summed E-state index contributed by atoms with van der Waals surface area (Å²) in [5, 5.41) is 9.04. The van der Waals surface area contributed by atoms with Crippen molar-refractivity contribution in [2.24, 2.45) is 0 Å². The van der Waals surface area contributed by atoms with Crippen molar-refractivity contribution in [3.63, 3.8) is 0 Å². The zero-order valence-electron chi connectivity index (χ0n) is 14.8. The number of benzene rings is 1. The number of carboxylic acid groups (broad SMARTS) is 1. The first-order chi connectivity index (χ1) is 12.5. The molecule has 1 saturated heterocycles. The topological polar surface area (TPSA) is 93.8 Å². The van der Waals surface area contributed by atoms with Crippen molar-refractivity contribution in [1.82, 2.24) is 14.0 Å². The first-order valence-electron chi connectivity index (χ1n) is 8.83. The number of hydrogen-bond donors (Lipinski definition) is 1. The second kappa shape index (κ2) is 7.74. The average Bonchev–Trinajstić information content (AvgIpc) is 2.92. The first kappa shape index (κ1) is 18.2. The monoisotopic (exact) mass is 361 g/mol. The molecular formula is C18H23N3O5. The third-order valence-electron chi connectivity index (χ3n) is 4.62. The number of imidazole rings is 1. The number of hydrogen-bond acceptors (Lipinski definition) is 4. The van der Waals surface area contributed by atoms with E-state index in [0.717, 1.165) is 17.5 Å². The number of aryl methyl sites for hydroxylation is 2. The van der Waals surface area contributed by atoms with Gasteiger partial charge >= 0.3 is 11.7 Å². The van der Waals surface area contributed by atoms with Crippen LogP contribution in [0, 0.1) is 0 Å². The second-order valence-electron chi connectivity index (χ2n) is 6.36. The Balaban J connectivity index is 1.75. The third kappa shape index (κ3) is 3.50. The number of carbonyl (C=O) groups excluding carboxylic acids is 1. The fourth-order valence-electron chi connectivity index (χ4n) is 3.32. The van der Waals surface area contributed by atoms with Crippen molar-refractivity contribution in [2.75, 3.05) is 19.7 Å². The maximum Gasteiger partial charge on any atom is 0.334 e. The lowest BCUT2D eigenvalue weighted by Gasteiger charge is -2.30. The van der Waals surface area contributed by atoms with E-state index in [1.54, 1.807) is 9.13 Å². The van der Waals surface area contributed by atoms with Crippen LogP contribution in [-0.2, 0) is 27.4 Å². The molecule has 1 aromatic carbocycles. The summed E-state index contributed by atoms with van der Waals surface area (Å²) in [6, 6.07) is 7.55. The molecule has 8 nitrogen and oxygen atoms in total. The summed E-state index contributed by atoms with van der Waals surface area (Å²) < 4.78 is 8.49. The Hall–Kier alpha value is -2.61. The predicted molar refractivity (Wildman–Crippen MR) is 95.1 cm³/mol. The number of carbonyl (C=O) groups is 2. The Morgan fingerprint density at radius 2 is 1.85 bits per heavy atom. The summed E-state index contributed by atoms with van der Waals surface area (Å²) in [4.78, 5) is 37.7. The average molecular weight is 361 g/mol. The van der Waals surface area contributed by atoms with Gasteiger partial charge in [-0.25, -0.2) is 9.59 Å². The number of amides is 1. The summed E-state index contributed by atoms with van der Waals surface area (Å²) in [5.74, 6) is -1.24. The van der Waals surface area contributed by atoms with E-state index in [2.05, 4.69) is 0 Å². The van der Waals surface area contributed by atoms with Crippen LogP contribution in [0.3, 0.4) is 0 Å². The van der Waals surface area contributed by atoms with Gasteiger partial charge in [0.25, 0.3) is 0 Å². The number of carboxylic acids is 1. The van der Waals surface area contributed by atoms with Crippen LogP contribution in [0.1, 0.15) is 19.8 Å². The van der Waals surface area contributed by atoms with Crippen LogP contribution in [0.5, 0.6) is 0 Å². The quantitative estimate of drug-likeness (QED) is 0.826. The lowest BCUT2D eigenvalue weighted by molar-refractivity contribution is -0.159. The van der Waals surface area contributed by atoms with Crippen molar-refractivity contribution >= 4 is 22.9 Å². The molecule has 1 N–H and O–H groups in total. The fraction of sp³-hybridized carbons (Fsp3) is 0.500. The highest BCUT2D eigenvalue weighted by Gasteiger charge is 2.28. The van der Waals surface area contributed by atoms with Gasteiger partial charge in [0.1, 0.15) is 0 Å². The molecule has 1 amide bonds. The van der Waals surface area contributed by atoms with Gasteiger partial charge < -0.3 is 14.7 Å².